The van der Waals surface area contributed by atoms with Crippen LogP contribution in [-0.4, -0.2) is 46.7 Å². The van der Waals surface area contributed by atoms with E-state index in [9.17, 15) is 4.79 Å². The number of amides is 1. The zero-order chi connectivity index (χ0) is 17.1. The van der Waals surface area contributed by atoms with Crippen molar-refractivity contribution >= 4 is 17.5 Å². The normalized spacial score (nSPS) is 16.8. The maximum Gasteiger partial charge on any atom is 0.261 e. The number of carbonyl (C=O) groups is 1. The second-order valence-corrected chi connectivity index (χ2v) is 6.27. The van der Waals surface area contributed by atoms with Crippen LogP contribution in [0.2, 0.25) is 5.02 Å². The molecule has 0 fully saturated rings. The second-order valence-electron chi connectivity index (χ2n) is 5.83. The largest absolute Gasteiger partial charge is 0.484 e. The SMILES string of the molecule is COC[C@H]1Cc2c(ncn2C)CN1C(=O)COc1cccc(Cl)c1. The Labute approximate surface area is 145 Å². The molecule has 0 saturated carbocycles. The Hall–Kier alpha value is -2.05. The number of imidazole rings is 1. The van der Waals surface area contributed by atoms with Gasteiger partial charge in [0, 0.05) is 31.3 Å². The topological polar surface area (TPSA) is 56.6 Å². The fraction of sp³-hybridized carbons (Fsp3) is 0.412. The number of benzene rings is 1. The summed E-state index contributed by atoms with van der Waals surface area (Å²) in [6, 6.07) is 7.00. The molecule has 1 atom stereocenters. The Balaban J connectivity index is 1.70. The summed E-state index contributed by atoms with van der Waals surface area (Å²) in [5.74, 6) is 0.489. The zero-order valence-electron chi connectivity index (χ0n) is 13.7. The van der Waals surface area contributed by atoms with Gasteiger partial charge in [0.15, 0.2) is 6.61 Å². The standard InChI is InChI=1S/C17H20ClN3O3/c1-20-11-19-15-8-21(13(9-23-2)7-16(15)20)17(22)10-24-14-5-3-4-12(18)6-14/h3-6,11,13H,7-10H2,1-2H3/t13-/m1/s1. The lowest BCUT2D eigenvalue weighted by Crippen LogP contribution is -2.48. The van der Waals surface area contributed by atoms with Gasteiger partial charge in [-0.15, -0.1) is 0 Å². The first-order chi connectivity index (χ1) is 11.6. The minimum absolute atomic E-state index is 0.0200. The zero-order valence-corrected chi connectivity index (χ0v) is 14.5. The summed E-state index contributed by atoms with van der Waals surface area (Å²) in [4.78, 5) is 18.8. The van der Waals surface area contributed by atoms with Crippen LogP contribution in [0.15, 0.2) is 30.6 Å². The Morgan fingerprint density at radius 3 is 3.04 bits per heavy atom. The van der Waals surface area contributed by atoms with Crippen LogP contribution >= 0.6 is 11.6 Å². The summed E-state index contributed by atoms with van der Waals surface area (Å²) in [6.45, 7) is 0.915. The van der Waals surface area contributed by atoms with E-state index in [1.807, 2.05) is 11.6 Å². The first-order valence-corrected chi connectivity index (χ1v) is 8.12. The van der Waals surface area contributed by atoms with Crippen molar-refractivity contribution in [1.82, 2.24) is 14.5 Å². The lowest BCUT2D eigenvalue weighted by atomic mass is 10.0. The fourth-order valence-electron chi connectivity index (χ4n) is 2.94. The Kier molecular flexibility index (Phi) is 5.06. The molecule has 7 heteroatoms. The van der Waals surface area contributed by atoms with Crippen LogP contribution in [0, 0.1) is 0 Å². The summed E-state index contributed by atoms with van der Waals surface area (Å²) < 4.78 is 12.9. The smallest absolute Gasteiger partial charge is 0.261 e. The number of halogens is 1. The number of hydrogen-bond acceptors (Lipinski definition) is 4. The predicted molar refractivity (Wildman–Crippen MR) is 90.1 cm³/mol. The molecule has 0 saturated heterocycles. The van der Waals surface area contributed by atoms with E-state index in [-0.39, 0.29) is 18.6 Å². The molecule has 24 heavy (non-hydrogen) atoms. The van der Waals surface area contributed by atoms with E-state index in [2.05, 4.69) is 4.98 Å². The molecule has 0 N–H and O–H groups in total. The summed E-state index contributed by atoms with van der Waals surface area (Å²) in [5.41, 5.74) is 2.08. The monoisotopic (exact) mass is 349 g/mol. The fourth-order valence-corrected chi connectivity index (χ4v) is 3.12. The van der Waals surface area contributed by atoms with Crippen molar-refractivity contribution in [2.75, 3.05) is 20.3 Å². The highest BCUT2D eigenvalue weighted by atomic mass is 35.5. The van der Waals surface area contributed by atoms with Crippen molar-refractivity contribution in [2.24, 2.45) is 7.05 Å². The van der Waals surface area contributed by atoms with Gasteiger partial charge in [0.05, 0.1) is 31.2 Å². The summed E-state index contributed by atoms with van der Waals surface area (Å²) in [5, 5.41) is 0.577. The molecule has 0 unspecified atom stereocenters. The first kappa shape index (κ1) is 16.8. The van der Waals surface area contributed by atoms with Gasteiger partial charge in [-0.25, -0.2) is 4.98 Å². The average Bonchev–Trinajstić information content (AvgIpc) is 2.93. The number of ether oxygens (including phenoxy) is 2. The summed E-state index contributed by atoms with van der Waals surface area (Å²) in [6.07, 6.45) is 2.51. The molecule has 2 heterocycles. The third kappa shape index (κ3) is 3.55. The first-order valence-electron chi connectivity index (χ1n) is 7.74. The van der Waals surface area contributed by atoms with E-state index in [1.54, 1.807) is 42.6 Å². The van der Waals surface area contributed by atoms with E-state index < -0.39 is 0 Å². The van der Waals surface area contributed by atoms with Crippen molar-refractivity contribution in [3.05, 3.63) is 47.0 Å². The van der Waals surface area contributed by atoms with Crippen LogP contribution < -0.4 is 4.74 Å². The van der Waals surface area contributed by atoms with Crippen molar-refractivity contribution in [3.8, 4) is 5.75 Å². The van der Waals surface area contributed by atoms with Crippen LogP contribution in [-0.2, 0) is 29.5 Å². The van der Waals surface area contributed by atoms with Crippen LogP contribution in [0.1, 0.15) is 11.4 Å². The van der Waals surface area contributed by atoms with Gasteiger partial charge in [-0.1, -0.05) is 17.7 Å². The maximum absolute atomic E-state index is 12.6. The minimum Gasteiger partial charge on any atom is -0.484 e. The van der Waals surface area contributed by atoms with Gasteiger partial charge in [0.25, 0.3) is 5.91 Å². The molecule has 128 valence electrons. The van der Waals surface area contributed by atoms with Gasteiger partial charge < -0.3 is 18.9 Å². The van der Waals surface area contributed by atoms with Crippen molar-refractivity contribution in [2.45, 2.75) is 19.0 Å². The summed E-state index contributed by atoms with van der Waals surface area (Å²) >= 11 is 5.93. The third-order valence-corrected chi connectivity index (χ3v) is 4.41. The predicted octanol–water partition coefficient (Wildman–Crippen LogP) is 2.05. The van der Waals surface area contributed by atoms with Gasteiger partial charge in [-0.2, -0.15) is 0 Å². The quantitative estimate of drug-likeness (QED) is 0.829. The highest BCUT2D eigenvalue weighted by Crippen LogP contribution is 2.23. The molecular weight excluding hydrogens is 330 g/mol. The number of fused-ring (bicyclic) bond motifs is 1. The number of carbonyl (C=O) groups excluding carboxylic acids is 1. The minimum atomic E-state index is -0.0895. The molecule has 3 rings (SSSR count). The molecule has 0 spiro atoms. The van der Waals surface area contributed by atoms with E-state index in [1.165, 1.54) is 0 Å². The number of nitrogens with zero attached hydrogens (tertiary/aromatic N) is 3. The lowest BCUT2D eigenvalue weighted by molar-refractivity contribution is -0.138. The number of aromatic nitrogens is 2. The maximum atomic E-state index is 12.6. The molecule has 1 amide bonds. The van der Waals surface area contributed by atoms with Crippen LogP contribution in [0.5, 0.6) is 5.75 Å². The van der Waals surface area contributed by atoms with Crippen LogP contribution in [0.4, 0.5) is 0 Å². The number of aryl methyl sites for hydroxylation is 1. The highest BCUT2D eigenvalue weighted by Gasteiger charge is 2.32. The Morgan fingerprint density at radius 1 is 1.46 bits per heavy atom. The molecule has 2 aromatic rings. The number of rotatable bonds is 5. The highest BCUT2D eigenvalue weighted by molar-refractivity contribution is 6.30. The van der Waals surface area contributed by atoms with Crippen molar-refractivity contribution in [3.63, 3.8) is 0 Å². The van der Waals surface area contributed by atoms with Crippen molar-refractivity contribution < 1.29 is 14.3 Å². The number of hydrogen-bond donors (Lipinski definition) is 0. The molecule has 0 radical (unpaired) electrons. The Morgan fingerprint density at radius 2 is 2.29 bits per heavy atom. The molecular formula is C17H20ClN3O3. The second kappa shape index (κ2) is 7.23. The van der Waals surface area contributed by atoms with E-state index in [0.29, 0.717) is 23.9 Å². The molecule has 1 aromatic carbocycles. The van der Waals surface area contributed by atoms with Crippen molar-refractivity contribution in [1.29, 1.82) is 0 Å². The van der Waals surface area contributed by atoms with E-state index >= 15 is 0 Å². The van der Waals surface area contributed by atoms with E-state index in [4.69, 9.17) is 21.1 Å². The third-order valence-electron chi connectivity index (χ3n) is 4.17. The van der Waals surface area contributed by atoms with Gasteiger partial charge in [-0.3, -0.25) is 4.79 Å². The van der Waals surface area contributed by atoms with Gasteiger partial charge in [0.1, 0.15) is 5.75 Å². The van der Waals surface area contributed by atoms with E-state index in [0.717, 1.165) is 17.8 Å². The molecule has 1 aliphatic heterocycles. The van der Waals surface area contributed by atoms with Crippen LogP contribution in [0.25, 0.3) is 0 Å². The van der Waals surface area contributed by atoms with Gasteiger partial charge in [-0.05, 0) is 18.2 Å². The number of methoxy groups -OCH3 is 1. The van der Waals surface area contributed by atoms with Crippen LogP contribution in [0.3, 0.4) is 0 Å². The average molecular weight is 350 g/mol. The Bertz CT molecular complexity index is 732. The molecule has 1 aromatic heterocycles. The molecule has 1 aliphatic rings. The lowest BCUT2D eigenvalue weighted by Gasteiger charge is -2.35. The van der Waals surface area contributed by atoms with Gasteiger partial charge in [0.2, 0.25) is 0 Å². The van der Waals surface area contributed by atoms with Gasteiger partial charge >= 0.3 is 0 Å². The molecule has 0 aliphatic carbocycles. The summed E-state index contributed by atoms with van der Waals surface area (Å²) in [7, 11) is 3.61. The molecule has 0 bridgehead atoms. The molecule has 6 nitrogen and oxygen atoms in total.